The number of ether oxygens (including phenoxy) is 1. The van der Waals surface area contributed by atoms with Gasteiger partial charge in [-0.1, -0.05) is 12.1 Å². The van der Waals surface area contributed by atoms with Crippen LogP contribution in [0.25, 0.3) is 10.2 Å². The normalized spacial score (nSPS) is 18.3. The molecule has 0 amide bonds. The summed E-state index contributed by atoms with van der Waals surface area (Å²) in [6.45, 7) is 1.46. The number of aryl methyl sites for hydroxylation is 2. The summed E-state index contributed by atoms with van der Waals surface area (Å²) in [6.07, 6.45) is 6.92. The summed E-state index contributed by atoms with van der Waals surface area (Å²) in [5.41, 5.74) is 3.50. The van der Waals surface area contributed by atoms with Crippen LogP contribution in [0.1, 0.15) is 35.3 Å². The quantitative estimate of drug-likeness (QED) is 0.674. The molecule has 0 spiro atoms. The Morgan fingerprint density at radius 3 is 3.00 bits per heavy atom. The van der Waals surface area contributed by atoms with E-state index >= 15 is 0 Å². The number of anilines is 2. The molecule has 3 heterocycles. The Balaban J connectivity index is 1.37. The lowest BCUT2D eigenvalue weighted by atomic mass is 10.2. The third-order valence-corrected chi connectivity index (χ3v) is 8.57. The lowest BCUT2D eigenvalue weighted by molar-refractivity contribution is 0.0992. The van der Waals surface area contributed by atoms with Gasteiger partial charge in [0, 0.05) is 45.6 Å². The average Bonchev–Trinajstić information content (AvgIpc) is 3.30. The van der Waals surface area contributed by atoms with Gasteiger partial charge in [0.25, 0.3) is 0 Å². The summed E-state index contributed by atoms with van der Waals surface area (Å²) in [6, 6.07) is 8.22. The Labute approximate surface area is 171 Å². The third-order valence-electron chi connectivity index (χ3n) is 5.54. The molecule has 3 aromatic rings. The first-order valence-electron chi connectivity index (χ1n) is 9.84. The molecule has 1 aliphatic carbocycles. The first-order valence-corrected chi connectivity index (χ1v) is 12.0. The lowest BCUT2D eigenvalue weighted by Gasteiger charge is -2.21. The number of nitrogens with one attached hydrogen (secondary N) is 1. The number of benzene rings is 1. The second kappa shape index (κ2) is 7.89. The molecule has 5 nitrogen and oxygen atoms in total. The van der Waals surface area contributed by atoms with Crippen molar-refractivity contribution in [3.63, 3.8) is 0 Å². The van der Waals surface area contributed by atoms with Crippen LogP contribution in [0.4, 0.5) is 11.5 Å². The van der Waals surface area contributed by atoms with E-state index in [1.54, 1.807) is 17.7 Å². The van der Waals surface area contributed by atoms with E-state index in [0.29, 0.717) is 5.75 Å². The molecule has 1 aromatic carbocycles. The molecule has 1 N–H and O–H groups in total. The van der Waals surface area contributed by atoms with E-state index in [1.807, 2.05) is 12.1 Å². The van der Waals surface area contributed by atoms with Crippen LogP contribution in [0.15, 0.2) is 30.6 Å². The van der Waals surface area contributed by atoms with Crippen LogP contribution < -0.4 is 5.32 Å². The smallest absolute Gasteiger partial charge is 0.142 e. The number of hydrogen-bond donors (Lipinski definition) is 1. The topological polar surface area (TPSA) is 64.1 Å². The molecule has 5 rings (SSSR count). The maximum Gasteiger partial charge on any atom is 0.142 e. The van der Waals surface area contributed by atoms with Crippen LogP contribution >= 0.6 is 11.3 Å². The Morgan fingerprint density at radius 1 is 1.21 bits per heavy atom. The van der Waals surface area contributed by atoms with Gasteiger partial charge in [0.15, 0.2) is 0 Å². The fraction of sp³-hybridized carbons (Fsp3) is 0.429. The van der Waals surface area contributed by atoms with Crippen molar-refractivity contribution in [3.05, 3.63) is 46.6 Å². The summed E-state index contributed by atoms with van der Waals surface area (Å²) in [5, 5.41) is 4.92. The minimum atomic E-state index is -0.860. The molecular formula is C21H23N3O2S2. The van der Waals surface area contributed by atoms with E-state index in [-0.39, 0.29) is 5.25 Å². The van der Waals surface area contributed by atoms with Crippen LogP contribution in [-0.2, 0) is 34.1 Å². The maximum absolute atomic E-state index is 12.7. The van der Waals surface area contributed by atoms with Crippen molar-refractivity contribution in [1.29, 1.82) is 0 Å². The molecule has 1 saturated heterocycles. The summed E-state index contributed by atoms with van der Waals surface area (Å²) in [7, 11) is -0.860. The van der Waals surface area contributed by atoms with Crippen molar-refractivity contribution in [2.24, 2.45) is 0 Å². The van der Waals surface area contributed by atoms with E-state index in [1.165, 1.54) is 22.2 Å². The van der Waals surface area contributed by atoms with Gasteiger partial charge < -0.3 is 10.1 Å². The van der Waals surface area contributed by atoms with E-state index < -0.39 is 10.8 Å². The molecule has 1 fully saturated rings. The van der Waals surface area contributed by atoms with Crippen molar-refractivity contribution in [1.82, 2.24) is 9.97 Å². The number of rotatable bonds is 5. The van der Waals surface area contributed by atoms with Crippen molar-refractivity contribution in [2.75, 3.05) is 18.5 Å². The van der Waals surface area contributed by atoms with E-state index in [9.17, 15) is 4.21 Å². The summed E-state index contributed by atoms with van der Waals surface area (Å²) < 4.78 is 18.1. The summed E-state index contributed by atoms with van der Waals surface area (Å²) in [5.74, 6) is 1.47. The van der Waals surface area contributed by atoms with Gasteiger partial charge in [-0.3, -0.25) is 4.21 Å². The summed E-state index contributed by atoms with van der Waals surface area (Å²) >= 11 is 1.80. The minimum Gasteiger partial charge on any atom is -0.381 e. The molecule has 1 aliphatic heterocycles. The van der Waals surface area contributed by atoms with Crippen LogP contribution in [0.3, 0.4) is 0 Å². The van der Waals surface area contributed by atoms with E-state index in [2.05, 4.69) is 27.4 Å². The molecule has 7 heteroatoms. The molecule has 2 aromatic heterocycles. The average molecular weight is 414 g/mol. The fourth-order valence-corrected chi connectivity index (χ4v) is 6.81. The Bertz CT molecular complexity index is 1030. The van der Waals surface area contributed by atoms with Crippen molar-refractivity contribution >= 4 is 43.9 Å². The van der Waals surface area contributed by atoms with Crippen LogP contribution in [0.5, 0.6) is 0 Å². The van der Waals surface area contributed by atoms with Crippen LogP contribution in [-0.4, -0.2) is 32.6 Å². The molecule has 0 radical (unpaired) electrons. The van der Waals surface area contributed by atoms with Crippen molar-refractivity contribution in [3.8, 4) is 0 Å². The van der Waals surface area contributed by atoms with Gasteiger partial charge in [-0.15, -0.1) is 11.3 Å². The number of nitrogens with zero attached hydrogens (tertiary/aromatic N) is 2. The molecule has 0 bridgehead atoms. The van der Waals surface area contributed by atoms with Gasteiger partial charge in [-0.05, 0) is 55.4 Å². The molecule has 1 atom stereocenters. The highest BCUT2D eigenvalue weighted by Crippen LogP contribution is 2.39. The van der Waals surface area contributed by atoms with E-state index in [0.717, 1.165) is 60.8 Å². The number of thiophene rings is 1. The maximum atomic E-state index is 12.7. The zero-order valence-electron chi connectivity index (χ0n) is 15.6. The standard InChI is InChI=1S/C21H23N3O2S2/c25-28(16-7-9-26-10-8-16)12-14-3-1-4-15(11-14)24-20-19-17-5-2-6-18(17)27-21(19)23-13-22-20/h1,3-4,11,13,16H,2,5-10,12H2,(H,22,23,24). The minimum absolute atomic E-state index is 0.250. The SMILES string of the molecule is O=S(Cc1cccc(Nc2ncnc3sc4c(c23)CCC4)c1)C1CCOCC1. The van der Waals surface area contributed by atoms with Gasteiger partial charge in [0.1, 0.15) is 17.0 Å². The zero-order valence-corrected chi connectivity index (χ0v) is 17.3. The lowest BCUT2D eigenvalue weighted by Crippen LogP contribution is -2.25. The Hall–Kier alpha value is -1.83. The number of fused-ring (bicyclic) bond motifs is 3. The Morgan fingerprint density at radius 2 is 2.11 bits per heavy atom. The van der Waals surface area contributed by atoms with Gasteiger partial charge in [0.05, 0.1) is 5.39 Å². The largest absolute Gasteiger partial charge is 0.381 e. The van der Waals surface area contributed by atoms with Gasteiger partial charge >= 0.3 is 0 Å². The predicted molar refractivity (Wildman–Crippen MR) is 115 cm³/mol. The monoisotopic (exact) mass is 413 g/mol. The van der Waals surface area contributed by atoms with Gasteiger partial charge in [0.2, 0.25) is 0 Å². The third kappa shape index (κ3) is 3.58. The highest BCUT2D eigenvalue weighted by atomic mass is 32.2. The van der Waals surface area contributed by atoms with Gasteiger partial charge in [-0.2, -0.15) is 0 Å². The first-order chi connectivity index (χ1) is 13.8. The molecule has 0 saturated carbocycles. The van der Waals surface area contributed by atoms with Crippen molar-refractivity contribution in [2.45, 2.75) is 43.1 Å². The fourth-order valence-electron chi connectivity index (χ4n) is 4.12. The molecule has 146 valence electrons. The van der Waals surface area contributed by atoms with Crippen LogP contribution in [0, 0.1) is 0 Å². The summed E-state index contributed by atoms with van der Waals surface area (Å²) in [4.78, 5) is 11.5. The molecule has 1 unspecified atom stereocenters. The zero-order chi connectivity index (χ0) is 18.9. The predicted octanol–water partition coefficient (Wildman–Crippen LogP) is 4.35. The second-order valence-corrected chi connectivity index (χ2v) is 10.2. The molecule has 2 aliphatic rings. The highest BCUT2D eigenvalue weighted by Gasteiger charge is 2.22. The van der Waals surface area contributed by atoms with Crippen LogP contribution in [0.2, 0.25) is 0 Å². The Kier molecular flexibility index (Phi) is 5.13. The first kappa shape index (κ1) is 18.2. The van der Waals surface area contributed by atoms with E-state index in [4.69, 9.17) is 4.74 Å². The number of hydrogen-bond acceptors (Lipinski definition) is 6. The second-order valence-electron chi connectivity index (χ2n) is 7.42. The van der Waals surface area contributed by atoms with Gasteiger partial charge in [-0.25, -0.2) is 9.97 Å². The highest BCUT2D eigenvalue weighted by molar-refractivity contribution is 7.84. The number of aromatic nitrogens is 2. The molecule has 28 heavy (non-hydrogen) atoms. The van der Waals surface area contributed by atoms with Crippen molar-refractivity contribution < 1.29 is 8.95 Å². The molecular weight excluding hydrogens is 390 g/mol.